The molecule has 1 aromatic heterocycles. The number of fused-ring (bicyclic) bond motifs is 12. The minimum Gasteiger partial charge on any atom is -0.456 e. The molecule has 3 aliphatic carbocycles. The van der Waals surface area contributed by atoms with Crippen LogP contribution in [0.15, 0.2) is 120 Å². The first-order chi connectivity index (χ1) is 35.8. The fourth-order valence-electron chi connectivity index (χ4n) is 16.7. The number of aryl methyl sites for hydroxylation is 2. The van der Waals surface area contributed by atoms with Crippen molar-refractivity contribution in [3.05, 3.63) is 160 Å². The van der Waals surface area contributed by atoms with Crippen LogP contribution in [0.3, 0.4) is 0 Å². The molecular weight excluding hydrogens is 922 g/mol. The van der Waals surface area contributed by atoms with Gasteiger partial charge in [0.2, 0.25) is 0 Å². The quantitative estimate of drug-likeness (QED) is 0.165. The first-order valence-corrected chi connectivity index (χ1v) is 28.9. The fourth-order valence-corrected chi connectivity index (χ4v) is 16.7. The fraction of sp³-hybridized carbons (Fsp3) is 0.408. The van der Waals surface area contributed by atoms with Crippen LogP contribution in [-0.2, 0) is 32.5 Å². The summed E-state index contributed by atoms with van der Waals surface area (Å²) in [4.78, 5) is 8.20. The Balaban J connectivity index is 1.08. The molecule has 3 aliphatic heterocycles. The molecule has 0 spiro atoms. The van der Waals surface area contributed by atoms with Crippen LogP contribution in [0, 0.1) is 13.8 Å². The van der Waals surface area contributed by atoms with E-state index in [0.717, 1.165) is 40.5 Å². The highest BCUT2D eigenvalue weighted by Gasteiger charge is 2.58. The maximum Gasteiger partial charge on any atom is 0.252 e. The van der Waals surface area contributed by atoms with Crippen LogP contribution in [0.5, 0.6) is 0 Å². The zero-order chi connectivity index (χ0) is 53.2. The van der Waals surface area contributed by atoms with E-state index in [0.29, 0.717) is 0 Å². The minimum atomic E-state index is -0.0882. The Bertz CT molecular complexity index is 3840. The Kier molecular flexibility index (Phi) is 9.70. The lowest BCUT2D eigenvalue weighted by Crippen LogP contribution is -2.61. The molecule has 1 fully saturated rings. The highest BCUT2D eigenvalue weighted by atomic mass is 16.3. The smallest absolute Gasteiger partial charge is 0.252 e. The molecule has 4 heterocycles. The van der Waals surface area contributed by atoms with Crippen LogP contribution < -0.4 is 31.1 Å². The van der Waals surface area contributed by atoms with Crippen molar-refractivity contribution in [2.24, 2.45) is 0 Å². The lowest BCUT2D eigenvalue weighted by molar-refractivity contribution is 0.195. The third-order valence-corrected chi connectivity index (χ3v) is 20.9. The highest BCUT2D eigenvalue weighted by molar-refractivity contribution is 7.00. The summed E-state index contributed by atoms with van der Waals surface area (Å²) in [5.74, 6) is 0. The molecule has 2 atom stereocenters. The van der Waals surface area contributed by atoms with Crippen molar-refractivity contribution >= 4 is 90.5 Å². The van der Waals surface area contributed by atoms with Gasteiger partial charge < -0.3 is 19.1 Å². The predicted octanol–water partition coefficient (Wildman–Crippen LogP) is 17.6. The Labute approximate surface area is 454 Å². The van der Waals surface area contributed by atoms with Gasteiger partial charge >= 0.3 is 0 Å². The second-order valence-corrected chi connectivity index (χ2v) is 28.8. The minimum absolute atomic E-state index is 0.00416. The van der Waals surface area contributed by atoms with Gasteiger partial charge in [0, 0.05) is 61.7 Å². The molecule has 0 bridgehead atoms. The van der Waals surface area contributed by atoms with Crippen molar-refractivity contribution in [1.82, 2.24) is 0 Å². The number of nitrogens with zero attached hydrogens (tertiary/aromatic N) is 3. The van der Waals surface area contributed by atoms with E-state index < -0.39 is 0 Å². The third-order valence-electron chi connectivity index (χ3n) is 20.9. The normalized spacial score (nSPS) is 23.0. The molecule has 0 amide bonds. The van der Waals surface area contributed by atoms with Gasteiger partial charge in [0.25, 0.3) is 6.71 Å². The average molecular weight is 1000 g/mol. The standard InChI is InChI=1S/C71H78BN3O/c1-42-32-60-64-61(33-42)74(57-39-51-49(34-43(57)2)66(6,7)30-31-67(51,8)9)58-37-46(75-56-26-22-44(65(3,4)5)35-53(56)70(14)28-18-19-29-71(70,75)15)23-25-54(58)72(64)55-38-50-52(69(12,13)41-68(50,10)11)40-59(55)73(60)45-24-27-63-48(36-45)47-20-16-17-21-62(47)76-63/h16-17,20-27,32-40H,18-19,28-31,41H2,1-15H3. The van der Waals surface area contributed by atoms with Gasteiger partial charge in [-0.15, -0.1) is 0 Å². The SMILES string of the molecule is Cc1cc2c3c(c1)N(c1cc4c(cc1C)C(C)(C)CCC4(C)C)c1cc(N4c5ccc(C(C)(C)C)cc5C5(C)CCCCC45C)ccc1B3c1cc3c(cc1N2c1ccc2oc4ccccc4c2c1)C(C)(C)CC3(C)C. The number of furan rings is 1. The Morgan fingerprint density at radius 1 is 0.474 bits per heavy atom. The van der Waals surface area contributed by atoms with Gasteiger partial charge in [0.1, 0.15) is 11.2 Å². The number of para-hydroxylation sites is 1. The molecule has 2 unspecified atom stereocenters. The summed E-state index contributed by atoms with van der Waals surface area (Å²) in [6, 6.07) is 46.3. The van der Waals surface area contributed by atoms with Gasteiger partial charge in [-0.3, -0.25) is 0 Å². The summed E-state index contributed by atoms with van der Waals surface area (Å²) in [6.45, 7) is 36.9. The van der Waals surface area contributed by atoms with Gasteiger partial charge in [0.15, 0.2) is 0 Å². The molecule has 5 heteroatoms. The van der Waals surface area contributed by atoms with Gasteiger partial charge in [-0.05, 0) is 208 Å². The zero-order valence-electron chi connectivity index (χ0n) is 48.2. The summed E-state index contributed by atoms with van der Waals surface area (Å²) < 4.78 is 6.50. The maximum atomic E-state index is 6.50. The van der Waals surface area contributed by atoms with Gasteiger partial charge in [0.05, 0.1) is 5.54 Å². The molecule has 4 nitrogen and oxygen atoms in total. The van der Waals surface area contributed by atoms with Crippen molar-refractivity contribution in [2.75, 3.05) is 14.7 Å². The second kappa shape index (κ2) is 15.3. The van der Waals surface area contributed by atoms with E-state index in [1.54, 1.807) is 0 Å². The topological polar surface area (TPSA) is 22.9 Å². The Morgan fingerprint density at radius 2 is 1.09 bits per heavy atom. The number of hydrogen-bond donors (Lipinski definition) is 0. The molecule has 386 valence electrons. The monoisotopic (exact) mass is 1000 g/mol. The van der Waals surface area contributed by atoms with E-state index in [-0.39, 0.29) is 44.7 Å². The summed E-state index contributed by atoms with van der Waals surface area (Å²) in [5.41, 5.74) is 28.0. The highest BCUT2D eigenvalue weighted by Crippen LogP contribution is 2.62. The van der Waals surface area contributed by atoms with Crippen LogP contribution in [0.2, 0.25) is 0 Å². The second-order valence-electron chi connectivity index (χ2n) is 28.8. The van der Waals surface area contributed by atoms with Crippen molar-refractivity contribution in [1.29, 1.82) is 0 Å². The molecule has 76 heavy (non-hydrogen) atoms. The number of hydrogen-bond acceptors (Lipinski definition) is 4. The first kappa shape index (κ1) is 48.2. The van der Waals surface area contributed by atoms with E-state index >= 15 is 0 Å². The third kappa shape index (κ3) is 6.44. The summed E-state index contributed by atoms with van der Waals surface area (Å²) >= 11 is 0. The summed E-state index contributed by atoms with van der Waals surface area (Å²) in [7, 11) is 0. The van der Waals surface area contributed by atoms with E-state index in [2.05, 4.69) is 234 Å². The Hall–Kier alpha value is -6.20. The van der Waals surface area contributed by atoms with E-state index in [9.17, 15) is 0 Å². The molecule has 7 aromatic carbocycles. The van der Waals surface area contributed by atoms with E-state index in [4.69, 9.17) is 4.42 Å². The van der Waals surface area contributed by atoms with Gasteiger partial charge in [-0.25, -0.2) is 0 Å². The van der Waals surface area contributed by atoms with Crippen LogP contribution in [0.25, 0.3) is 21.9 Å². The number of rotatable bonds is 3. The van der Waals surface area contributed by atoms with Crippen LogP contribution in [0.1, 0.15) is 179 Å². The van der Waals surface area contributed by atoms with Crippen molar-refractivity contribution in [3.8, 4) is 0 Å². The Morgan fingerprint density at radius 3 is 1.83 bits per heavy atom. The first-order valence-electron chi connectivity index (χ1n) is 28.9. The van der Waals surface area contributed by atoms with Gasteiger partial charge in [-0.2, -0.15) is 0 Å². The summed E-state index contributed by atoms with van der Waals surface area (Å²) in [6.07, 6.45) is 8.33. The molecule has 8 aromatic rings. The average Bonchev–Trinajstić information content (AvgIpc) is 3.90. The van der Waals surface area contributed by atoms with Gasteiger partial charge in [-0.1, -0.05) is 144 Å². The maximum absolute atomic E-state index is 6.50. The molecule has 1 saturated carbocycles. The zero-order valence-corrected chi connectivity index (χ0v) is 48.2. The molecule has 0 N–H and O–H groups in total. The van der Waals surface area contributed by atoms with Crippen molar-refractivity contribution in [2.45, 2.75) is 187 Å². The lowest BCUT2D eigenvalue weighted by Gasteiger charge is -2.51. The lowest BCUT2D eigenvalue weighted by atomic mass is 9.33. The predicted molar refractivity (Wildman–Crippen MR) is 325 cm³/mol. The number of benzene rings is 7. The van der Waals surface area contributed by atoms with Crippen LogP contribution in [-0.4, -0.2) is 12.3 Å². The largest absolute Gasteiger partial charge is 0.456 e. The molecule has 0 radical (unpaired) electrons. The van der Waals surface area contributed by atoms with Crippen molar-refractivity contribution < 1.29 is 4.42 Å². The molecular formula is C71H78BN3O. The van der Waals surface area contributed by atoms with Crippen LogP contribution >= 0.6 is 0 Å². The summed E-state index contributed by atoms with van der Waals surface area (Å²) in [5, 5.41) is 2.30. The molecule has 14 rings (SSSR count). The molecule has 6 aliphatic rings. The number of anilines is 8. The van der Waals surface area contributed by atoms with Crippen molar-refractivity contribution in [3.63, 3.8) is 0 Å². The van der Waals surface area contributed by atoms with E-state index in [1.807, 2.05) is 0 Å². The molecule has 0 saturated heterocycles. The van der Waals surface area contributed by atoms with E-state index in [1.165, 1.54) is 133 Å². The van der Waals surface area contributed by atoms with Crippen LogP contribution in [0.4, 0.5) is 45.5 Å².